The molecule has 2 aliphatic rings. The number of carbonyl (C=O) groups excluding carboxylic acids is 2. The van der Waals surface area contributed by atoms with Gasteiger partial charge in [0.1, 0.15) is 11.4 Å². The maximum Gasteiger partial charge on any atom is 0.330 e. The molecule has 6 nitrogen and oxygen atoms in total. The quantitative estimate of drug-likeness (QED) is 0.624. The highest BCUT2D eigenvalue weighted by atomic mass is 32.2. The lowest BCUT2D eigenvalue weighted by atomic mass is 9.98. The Morgan fingerprint density at radius 1 is 1.35 bits per heavy atom. The van der Waals surface area contributed by atoms with Crippen LogP contribution >= 0.6 is 11.8 Å². The normalized spacial score (nSPS) is 26.3. The molecular formula is C16H16N2O4S. The number of benzene rings is 1. The summed E-state index contributed by atoms with van der Waals surface area (Å²) in [6.07, 6.45) is 0.192. The lowest BCUT2D eigenvalue weighted by Gasteiger charge is -2.52. The molecule has 23 heavy (non-hydrogen) atoms. The molecule has 2 amide bonds. The first-order valence-electron chi connectivity index (χ1n) is 7.16. The summed E-state index contributed by atoms with van der Waals surface area (Å²) in [4.78, 5) is 36.9. The monoisotopic (exact) mass is 332 g/mol. The van der Waals surface area contributed by atoms with E-state index in [1.54, 1.807) is 0 Å². The van der Waals surface area contributed by atoms with Crippen LogP contribution in [0.2, 0.25) is 0 Å². The molecule has 120 valence electrons. The Bertz CT molecular complexity index is 676. The summed E-state index contributed by atoms with van der Waals surface area (Å²) in [5.74, 6) is -1.22. The molecule has 0 spiro atoms. The third-order valence-electron chi connectivity index (χ3n) is 3.94. The molecule has 0 radical (unpaired) electrons. The first-order chi connectivity index (χ1) is 11.0. The van der Waals surface area contributed by atoms with Crippen molar-refractivity contribution in [2.75, 3.05) is 5.75 Å². The zero-order valence-electron chi connectivity index (χ0n) is 12.3. The first-order valence-corrected chi connectivity index (χ1v) is 8.21. The van der Waals surface area contributed by atoms with Crippen molar-refractivity contribution in [2.45, 2.75) is 23.9 Å². The Balaban J connectivity index is 1.65. The lowest BCUT2D eigenvalue weighted by Crippen LogP contribution is -2.74. The molecular weight excluding hydrogens is 316 g/mol. The zero-order valence-corrected chi connectivity index (χ0v) is 13.1. The zero-order chi connectivity index (χ0) is 16.6. The van der Waals surface area contributed by atoms with E-state index in [4.69, 9.17) is 0 Å². The number of amides is 2. The van der Waals surface area contributed by atoms with Crippen molar-refractivity contribution >= 4 is 29.5 Å². The number of thioether (sulfide) groups is 1. The van der Waals surface area contributed by atoms with Crippen LogP contribution in [-0.4, -0.2) is 51.0 Å². The largest absolute Gasteiger partial charge is 0.479 e. The van der Waals surface area contributed by atoms with E-state index < -0.39 is 18.1 Å². The molecule has 1 aromatic carbocycles. The third kappa shape index (κ3) is 2.84. The van der Waals surface area contributed by atoms with Crippen molar-refractivity contribution in [3.8, 4) is 0 Å². The van der Waals surface area contributed by atoms with E-state index in [9.17, 15) is 19.5 Å². The van der Waals surface area contributed by atoms with Crippen LogP contribution in [0.5, 0.6) is 0 Å². The molecule has 1 aromatic rings. The van der Waals surface area contributed by atoms with Crippen LogP contribution in [0.15, 0.2) is 42.5 Å². The van der Waals surface area contributed by atoms with Gasteiger partial charge >= 0.3 is 5.97 Å². The second-order valence-corrected chi connectivity index (χ2v) is 6.66. The molecule has 2 fully saturated rings. The van der Waals surface area contributed by atoms with E-state index in [-0.39, 0.29) is 23.6 Å². The first kappa shape index (κ1) is 15.6. The molecule has 3 atom stereocenters. The predicted octanol–water partition coefficient (Wildman–Crippen LogP) is 0.638. The topological polar surface area (TPSA) is 86.7 Å². The van der Waals surface area contributed by atoms with Crippen LogP contribution in [-0.2, 0) is 20.8 Å². The van der Waals surface area contributed by atoms with Crippen LogP contribution in [0.4, 0.5) is 0 Å². The van der Waals surface area contributed by atoms with Gasteiger partial charge in [-0.1, -0.05) is 36.9 Å². The molecule has 2 saturated heterocycles. The fraction of sp³-hybridized carbons (Fsp3) is 0.312. The summed E-state index contributed by atoms with van der Waals surface area (Å²) in [7, 11) is 0. The van der Waals surface area contributed by atoms with Crippen molar-refractivity contribution in [1.29, 1.82) is 0 Å². The van der Waals surface area contributed by atoms with E-state index in [0.717, 1.165) is 5.56 Å². The lowest BCUT2D eigenvalue weighted by molar-refractivity contribution is -0.160. The summed E-state index contributed by atoms with van der Waals surface area (Å²) in [6, 6.07) is 7.59. The van der Waals surface area contributed by atoms with Gasteiger partial charge in [0.15, 0.2) is 6.04 Å². The number of carboxylic acids is 1. The molecule has 2 heterocycles. The molecule has 0 saturated carbocycles. The molecule has 7 heteroatoms. The minimum atomic E-state index is -1.08. The van der Waals surface area contributed by atoms with Gasteiger partial charge in [-0.2, -0.15) is 0 Å². The number of carbonyl (C=O) groups is 3. The fourth-order valence-electron chi connectivity index (χ4n) is 2.84. The highest BCUT2D eigenvalue weighted by Gasteiger charge is 2.56. The second-order valence-electron chi connectivity index (χ2n) is 5.55. The van der Waals surface area contributed by atoms with Crippen LogP contribution < -0.4 is 5.32 Å². The van der Waals surface area contributed by atoms with E-state index >= 15 is 0 Å². The number of hydrogen-bond acceptors (Lipinski definition) is 4. The molecule has 0 aromatic heterocycles. The second kappa shape index (κ2) is 6.08. The SMILES string of the molecule is C=C1CS[C@H]2C(NC(=O)Cc3ccccc3)C(=O)N2C1C(=O)O. The Kier molecular flexibility index (Phi) is 4.12. The summed E-state index contributed by atoms with van der Waals surface area (Å²) < 4.78 is 0. The minimum Gasteiger partial charge on any atom is -0.479 e. The van der Waals surface area contributed by atoms with Gasteiger partial charge < -0.3 is 15.3 Å². The van der Waals surface area contributed by atoms with Gasteiger partial charge in [0.2, 0.25) is 11.8 Å². The van der Waals surface area contributed by atoms with Gasteiger partial charge in [0.05, 0.1) is 6.42 Å². The smallest absolute Gasteiger partial charge is 0.330 e. The van der Waals surface area contributed by atoms with Crippen molar-refractivity contribution in [1.82, 2.24) is 10.2 Å². The number of rotatable bonds is 4. The van der Waals surface area contributed by atoms with Gasteiger partial charge in [-0.25, -0.2) is 4.79 Å². The van der Waals surface area contributed by atoms with Crippen molar-refractivity contribution in [3.63, 3.8) is 0 Å². The van der Waals surface area contributed by atoms with Gasteiger partial charge in [-0.15, -0.1) is 11.8 Å². The molecule has 2 N–H and O–H groups in total. The number of hydrogen-bond donors (Lipinski definition) is 2. The molecule has 0 aliphatic carbocycles. The van der Waals surface area contributed by atoms with Crippen LogP contribution in [0.1, 0.15) is 5.56 Å². The third-order valence-corrected chi connectivity index (χ3v) is 5.32. The van der Waals surface area contributed by atoms with Crippen molar-refractivity contribution in [2.24, 2.45) is 0 Å². The number of β-lactam (4-membered cyclic amide) rings is 1. The van der Waals surface area contributed by atoms with Crippen molar-refractivity contribution < 1.29 is 19.5 Å². The number of nitrogens with one attached hydrogen (secondary N) is 1. The van der Waals surface area contributed by atoms with Gasteiger partial charge in [0, 0.05) is 5.75 Å². The number of fused-ring (bicyclic) bond motifs is 1. The van der Waals surface area contributed by atoms with E-state index in [2.05, 4.69) is 11.9 Å². The minimum absolute atomic E-state index is 0.192. The Morgan fingerprint density at radius 2 is 2.04 bits per heavy atom. The number of nitrogens with zero attached hydrogens (tertiary/aromatic N) is 1. The standard InChI is InChI=1S/C16H16N2O4S/c1-9-8-23-15-12(14(20)18(15)13(9)16(21)22)17-11(19)7-10-5-3-2-4-6-10/h2-6,12-13,15H,1,7-8H2,(H,17,19)(H,21,22)/t12?,13?,15-/m0/s1. The summed E-state index contributed by atoms with van der Waals surface area (Å²) in [5, 5.41) is 11.6. The Morgan fingerprint density at radius 3 is 2.70 bits per heavy atom. The number of carboxylic acid groups (broad SMARTS) is 1. The van der Waals surface area contributed by atoms with Crippen LogP contribution in [0, 0.1) is 0 Å². The van der Waals surface area contributed by atoms with Gasteiger partial charge in [-0.3, -0.25) is 9.59 Å². The van der Waals surface area contributed by atoms with Gasteiger partial charge in [-0.05, 0) is 11.1 Å². The average molecular weight is 332 g/mol. The Hall–Kier alpha value is -2.28. The maximum atomic E-state index is 12.2. The Labute approximate surface area is 137 Å². The van der Waals surface area contributed by atoms with Crippen LogP contribution in [0.3, 0.4) is 0 Å². The molecule has 2 unspecified atom stereocenters. The summed E-state index contributed by atoms with van der Waals surface area (Å²) in [6.45, 7) is 3.73. The number of aliphatic carboxylic acids is 1. The predicted molar refractivity (Wildman–Crippen MR) is 85.7 cm³/mol. The highest BCUT2D eigenvalue weighted by molar-refractivity contribution is 8.00. The summed E-state index contributed by atoms with van der Waals surface area (Å²) >= 11 is 1.43. The van der Waals surface area contributed by atoms with Crippen LogP contribution in [0.25, 0.3) is 0 Å². The molecule has 3 rings (SSSR count). The fourth-order valence-corrected chi connectivity index (χ4v) is 4.14. The van der Waals surface area contributed by atoms with E-state index in [0.29, 0.717) is 11.3 Å². The maximum absolute atomic E-state index is 12.2. The summed E-state index contributed by atoms with van der Waals surface area (Å²) in [5.41, 5.74) is 1.36. The van der Waals surface area contributed by atoms with E-state index in [1.807, 2.05) is 30.3 Å². The van der Waals surface area contributed by atoms with Gasteiger partial charge in [0.25, 0.3) is 0 Å². The highest BCUT2D eigenvalue weighted by Crippen LogP contribution is 2.39. The average Bonchev–Trinajstić information content (AvgIpc) is 2.53. The van der Waals surface area contributed by atoms with Crippen molar-refractivity contribution in [3.05, 3.63) is 48.0 Å². The molecule has 0 bridgehead atoms. The molecule has 2 aliphatic heterocycles. The van der Waals surface area contributed by atoms with E-state index in [1.165, 1.54) is 16.7 Å².